The molecule has 0 aliphatic heterocycles. The highest BCUT2D eigenvalue weighted by atomic mass is 35.5. The van der Waals surface area contributed by atoms with Crippen LogP contribution in [0.3, 0.4) is 0 Å². The predicted octanol–water partition coefficient (Wildman–Crippen LogP) is 3.90. The summed E-state index contributed by atoms with van der Waals surface area (Å²) >= 11 is 7.49. The number of carbonyl (C=O) groups excluding carboxylic acids is 1. The largest absolute Gasteiger partial charge is 0.349 e. The number of nitrogens with one attached hydrogen (secondary N) is 1. The zero-order chi connectivity index (χ0) is 19.4. The minimum Gasteiger partial charge on any atom is -0.349 e. The molecule has 1 aromatic heterocycles. The number of hydrogen-bond acceptors (Lipinski definition) is 5. The van der Waals surface area contributed by atoms with Gasteiger partial charge in [0, 0.05) is 5.02 Å². The number of amides is 1. The average Bonchev–Trinajstić information content (AvgIpc) is 3.11. The first-order valence-corrected chi connectivity index (χ1v) is 9.85. The Morgan fingerprint density at radius 3 is 2.78 bits per heavy atom. The first kappa shape index (κ1) is 19.4. The van der Waals surface area contributed by atoms with Crippen LogP contribution in [-0.4, -0.2) is 31.9 Å². The molecule has 1 amide bonds. The lowest BCUT2D eigenvalue weighted by molar-refractivity contribution is -0.119. The van der Waals surface area contributed by atoms with Gasteiger partial charge in [0.2, 0.25) is 11.1 Å². The van der Waals surface area contributed by atoms with Gasteiger partial charge in [0.25, 0.3) is 0 Å². The van der Waals surface area contributed by atoms with Gasteiger partial charge in [0.15, 0.2) is 0 Å². The van der Waals surface area contributed by atoms with E-state index < -0.39 is 0 Å². The predicted molar refractivity (Wildman–Crippen MR) is 107 cm³/mol. The van der Waals surface area contributed by atoms with Gasteiger partial charge in [-0.1, -0.05) is 53.7 Å². The maximum Gasteiger partial charge on any atom is 0.230 e. The lowest BCUT2D eigenvalue weighted by Gasteiger charge is -2.15. The first-order valence-electron chi connectivity index (χ1n) is 8.49. The monoisotopic (exact) mass is 401 g/mol. The maximum atomic E-state index is 12.3. The second-order valence-electron chi connectivity index (χ2n) is 6.19. The fourth-order valence-corrected chi connectivity index (χ4v) is 3.70. The van der Waals surface area contributed by atoms with E-state index in [1.165, 1.54) is 11.8 Å². The van der Waals surface area contributed by atoms with Crippen LogP contribution in [0.5, 0.6) is 0 Å². The molecule has 0 spiro atoms. The van der Waals surface area contributed by atoms with Crippen molar-refractivity contribution in [1.29, 1.82) is 0 Å². The van der Waals surface area contributed by atoms with Crippen molar-refractivity contribution in [3.8, 4) is 5.69 Å². The number of carbonyl (C=O) groups is 1. The molecule has 2 aromatic carbocycles. The summed E-state index contributed by atoms with van der Waals surface area (Å²) in [6.45, 7) is 5.97. The molecule has 0 unspecified atom stereocenters. The topological polar surface area (TPSA) is 72.7 Å². The van der Waals surface area contributed by atoms with Crippen LogP contribution < -0.4 is 5.32 Å². The molecular weight excluding hydrogens is 382 g/mol. The first-order chi connectivity index (χ1) is 13.0. The van der Waals surface area contributed by atoms with Gasteiger partial charge in [0.05, 0.1) is 17.5 Å². The molecule has 0 saturated carbocycles. The van der Waals surface area contributed by atoms with Crippen molar-refractivity contribution in [2.75, 3.05) is 5.75 Å². The van der Waals surface area contributed by atoms with Crippen molar-refractivity contribution in [3.63, 3.8) is 0 Å². The summed E-state index contributed by atoms with van der Waals surface area (Å²) in [4.78, 5) is 12.3. The van der Waals surface area contributed by atoms with Crippen LogP contribution in [0, 0.1) is 13.8 Å². The molecule has 3 rings (SSSR count). The van der Waals surface area contributed by atoms with E-state index in [2.05, 4.69) is 20.8 Å². The zero-order valence-electron chi connectivity index (χ0n) is 15.3. The van der Waals surface area contributed by atoms with Gasteiger partial charge < -0.3 is 5.32 Å². The molecule has 1 atom stereocenters. The van der Waals surface area contributed by atoms with Gasteiger partial charge in [-0.2, -0.15) is 4.68 Å². The maximum absolute atomic E-state index is 12.3. The van der Waals surface area contributed by atoms with E-state index in [4.69, 9.17) is 11.6 Å². The normalized spacial score (nSPS) is 12.0. The molecule has 3 aromatic rings. The van der Waals surface area contributed by atoms with Crippen molar-refractivity contribution in [2.45, 2.75) is 32.0 Å². The van der Waals surface area contributed by atoms with E-state index in [1.807, 2.05) is 63.2 Å². The second kappa shape index (κ2) is 8.54. The van der Waals surface area contributed by atoms with E-state index in [1.54, 1.807) is 4.68 Å². The van der Waals surface area contributed by atoms with Gasteiger partial charge in [-0.05, 0) is 60.0 Å². The van der Waals surface area contributed by atoms with Crippen LogP contribution in [0.1, 0.15) is 29.7 Å². The highest BCUT2D eigenvalue weighted by Crippen LogP contribution is 2.24. The lowest BCUT2D eigenvalue weighted by atomic mass is 10.1. The van der Waals surface area contributed by atoms with Crippen molar-refractivity contribution >= 4 is 29.3 Å². The van der Waals surface area contributed by atoms with Crippen LogP contribution in [0.4, 0.5) is 0 Å². The summed E-state index contributed by atoms with van der Waals surface area (Å²) in [5.74, 6) is 0.1000. The Hall–Kier alpha value is -2.38. The summed E-state index contributed by atoms with van der Waals surface area (Å²) in [6, 6.07) is 13.3. The van der Waals surface area contributed by atoms with Gasteiger partial charge in [-0.15, -0.1) is 5.10 Å². The summed E-state index contributed by atoms with van der Waals surface area (Å²) in [6.07, 6.45) is 0. The molecule has 1 heterocycles. The molecule has 0 bridgehead atoms. The number of hydrogen-bond donors (Lipinski definition) is 1. The van der Waals surface area contributed by atoms with E-state index in [0.29, 0.717) is 10.2 Å². The fourth-order valence-electron chi connectivity index (χ4n) is 2.70. The Kier molecular flexibility index (Phi) is 6.13. The average molecular weight is 402 g/mol. The molecule has 0 saturated heterocycles. The number of nitrogens with zero attached hydrogens (tertiary/aromatic N) is 4. The van der Waals surface area contributed by atoms with E-state index in [0.717, 1.165) is 22.4 Å². The molecule has 27 heavy (non-hydrogen) atoms. The molecule has 0 aliphatic carbocycles. The SMILES string of the molecule is Cc1cccc(-n2nnnc2SCC(=O)N[C@H](C)c2ccccc2Cl)c1C. The number of aryl methyl sites for hydroxylation is 1. The molecule has 1 N–H and O–H groups in total. The minimum absolute atomic E-state index is 0.108. The number of aromatic nitrogens is 4. The third-order valence-corrected chi connectivity index (χ3v) is 5.59. The molecule has 0 fully saturated rings. The highest BCUT2D eigenvalue weighted by molar-refractivity contribution is 7.99. The Morgan fingerprint density at radius 1 is 1.22 bits per heavy atom. The molecule has 0 aliphatic rings. The van der Waals surface area contributed by atoms with Crippen LogP contribution in [0.25, 0.3) is 5.69 Å². The molecular formula is C19H20ClN5OS. The lowest BCUT2D eigenvalue weighted by Crippen LogP contribution is -2.28. The molecule has 140 valence electrons. The van der Waals surface area contributed by atoms with Gasteiger partial charge in [-0.3, -0.25) is 4.79 Å². The third kappa shape index (κ3) is 4.48. The summed E-state index contributed by atoms with van der Waals surface area (Å²) in [5.41, 5.74) is 4.05. The molecule has 6 nitrogen and oxygen atoms in total. The Bertz CT molecular complexity index is 959. The van der Waals surface area contributed by atoms with Crippen molar-refractivity contribution in [1.82, 2.24) is 25.5 Å². The summed E-state index contributed by atoms with van der Waals surface area (Å²) in [5, 5.41) is 16.0. The van der Waals surface area contributed by atoms with Crippen molar-refractivity contribution in [3.05, 3.63) is 64.2 Å². The number of halogens is 1. The van der Waals surface area contributed by atoms with E-state index >= 15 is 0 Å². The number of rotatable bonds is 6. The van der Waals surface area contributed by atoms with E-state index in [-0.39, 0.29) is 17.7 Å². The number of thioether (sulfide) groups is 1. The van der Waals surface area contributed by atoms with Crippen LogP contribution in [0.2, 0.25) is 5.02 Å². The van der Waals surface area contributed by atoms with Crippen LogP contribution in [0.15, 0.2) is 47.6 Å². The Balaban J connectivity index is 1.66. The standard InChI is InChI=1S/C19H20ClN5OS/c1-12-7-6-10-17(13(12)2)25-19(22-23-24-25)27-11-18(26)21-14(3)15-8-4-5-9-16(15)20/h4-10,14H,11H2,1-3H3,(H,21,26)/t14-/m1/s1. The van der Waals surface area contributed by atoms with Crippen LogP contribution >= 0.6 is 23.4 Å². The number of benzene rings is 2. The fraction of sp³-hybridized carbons (Fsp3) is 0.263. The molecule has 8 heteroatoms. The Morgan fingerprint density at radius 2 is 2.00 bits per heavy atom. The van der Waals surface area contributed by atoms with Gasteiger partial charge in [-0.25, -0.2) is 0 Å². The van der Waals surface area contributed by atoms with Crippen LogP contribution in [-0.2, 0) is 4.79 Å². The highest BCUT2D eigenvalue weighted by Gasteiger charge is 2.16. The quantitative estimate of drug-likeness (QED) is 0.634. The van der Waals surface area contributed by atoms with E-state index in [9.17, 15) is 4.79 Å². The molecule has 0 radical (unpaired) electrons. The van der Waals surface area contributed by atoms with Gasteiger partial charge in [0.1, 0.15) is 0 Å². The summed E-state index contributed by atoms with van der Waals surface area (Å²) in [7, 11) is 0. The number of tetrazole rings is 1. The smallest absolute Gasteiger partial charge is 0.230 e. The summed E-state index contributed by atoms with van der Waals surface area (Å²) < 4.78 is 1.66. The van der Waals surface area contributed by atoms with Crippen molar-refractivity contribution in [2.24, 2.45) is 0 Å². The van der Waals surface area contributed by atoms with Gasteiger partial charge >= 0.3 is 0 Å². The second-order valence-corrected chi connectivity index (χ2v) is 7.54. The van der Waals surface area contributed by atoms with Crippen molar-refractivity contribution < 1.29 is 4.79 Å². The zero-order valence-corrected chi connectivity index (χ0v) is 16.9. The third-order valence-electron chi connectivity index (χ3n) is 4.33. The minimum atomic E-state index is -0.179. The Labute approximate surface area is 167 Å².